The van der Waals surface area contributed by atoms with Gasteiger partial charge in [-0.15, -0.1) is 0 Å². The number of nitrogens with zero attached hydrogens (tertiary/aromatic N) is 2. The summed E-state index contributed by atoms with van der Waals surface area (Å²) in [4.78, 5) is 34.0. The van der Waals surface area contributed by atoms with Gasteiger partial charge in [0.1, 0.15) is 0 Å². The predicted octanol–water partition coefficient (Wildman–Crippen LogP) is 11.8. The lowest BCUT2D eigenvalue weighted by Crippen LogP contribution is -2.30. The third kappa shape index (κ3) is 7.74. The molecule has 276 valence electrons. The predicted molar refractivity (Wildman–Crippen MR) is 223 cm³/mol. The van der Waals surface area contributed by atoms with Crippen molar-refractivity contribution in [1.82, 2.24) is 9.80 Å². The highest BCUT2D eigenvalue weighted by Gasteiger charge is 2.49. The smallest absolute Gasteiger partial charge is 0.261 e. The molecule has 5 heteroatoms. The van der Waals surface area contributed by atoms with Crippen LogP contribution in [0.1, 0.15) is 128 Å². The van der Waals surface area contributed by atoms with Gasteiger partial charge in [0.05, 0.1) is 35.6 Å². The molecular formula is C48H55BrN2O2. The molecule has 0 unspecified atom stereocenters. The van der Waals surface area contributed by atoms with Crippen LogP contribution < -0.4 is 0 Å². The van der Waals surface area contributed by atoms with E-state index < -0.39 is 0 Å². The number of carbonyl (C=O) groups is 2. The Balaban J connectivity index is 1.56. The standard InChI is InChI=1S/C48H55BrN2O2/c1-45(2,3)34-22-30(23-35(26-34)46(4,5)6)28-50-41(32-16-14-13-15-17-32)39-40(44(50)53)42(33-18-20-38(49)21-19-33)51(43(39)52)29-31-24-36(47(7,8)9)27-37(25-31)48(10,11)12/h13-27H,28-29H2,1-12H3. The third-order valence-corrected chi connectivity index (χ3v) is 11.0. The average molecular weight is 772 g/mol. The Bertz CT molecular complexity index is 2080. The second-order valence-electron chi connectivity index (χ2n) is 18.9. The largest absolute Gasteiger partial charge is 0.302 e. The van der Waals surface area contributed by atoms with E-state index in [1.54, 1.807) is 0 Å². The lowest BCUT2D eigenvalue weighted by Gasteiger charge is -2.29. The lowest BCUT2D eigenvalue weighted by atomic mass is 9.79. The molecule has 4 aromatic carbocycles. The molecule has 0 fully saturated rings. The van der Waals surface area contributed by atoms with Crippen LogP contribution in [-0.4, -0.2) is 21.6 Å². The molecule has 0 saturated heterocycles. The molecule has 4 nitrogen and oxygen atoms in total. The lowest BCUT2D eigenvalue weighted by molar-refractivity contribution is -0.124. The number of rotatable bonds is 6. The van der Waals surface area contributed by atoms with Crippen LogP contribution >= 0.6 is 15.9 Å². The van der Waals surface area contributed by atoms with E-state index in [1.165, 1.54) is 22.3 Å². The molecular weight excluding hydrogens is 716 g/mol. The molecule has 0 saturated carbocycles. The number of hydrogen-bond acceptors (Lipinski definition) is 2. The summed E-state index contributed by atoms with van der Waals surface area (Å²) >= 11 is 3.60. The molecule has 0 spiro atoms. The Kier molecular flexibility index (Phi) is 9.86. The molecule has 6 rings (SSSR count). The fourth-order valence-electron chi connectivity index (χ4n) is 7.17. The van der Waals surface area contributed by atoms with E-state index >= 15 is 9.59 Å². The van der Waals surface area contributed by atoms with E-state index in [2.05, 4.69) is 135 Å². The first-order chi connectivity index (χ1) is 24.5. The Morgan fingerprint density at radius 1 is 0.453 bits per heavy atom. The summed E-state index contributed by atoms with van der Waals surface area (Å²) in [6.07, 6.45) is 0. The molecule has 53 heavy (non-hydrogen) atoms. The van der Waals surface area contributed by atoms with Crippen molar-refractivity contribution in [3.63, 3.8) is 0 Å². The van der Waals surface area contributed by atoms with E-state index in [0.717, 1.165) is 26.7 Å². The highest BCUT2D eigenvalue weighted by Crippen LogP contribution is 2.48. The van der Waals surface area contributed by atoms with Gasteiger partial charge in [0.25, 0.3) is 11.8 Å². The van der Waals surface area contributed by atoms with Gasteiger partial charge in [-0.2, -0.15) is 0 Å². The maximum absolute atomic E-state index is 15.1. The molecule has 2 aliphatic heterocycles. The number of halogens is 1. The normalized spacial score (nSPS) is 15.6. The van der Waals surface area contributed by atoms with Gasteiger partial charge in [-0.3, -0.25) is 9.59 Å². The summed E-state index contributed by atoms with van der Waals surface area (Å²) in [7, 11) is 0. The highest BCUT2D eigenvalue weighted by molar-refractivity contribution is 9.10. The van der Waals surface area contributed by atoms with Crippen molar-refractivity contribution in [3.05, 3.63) is 151 Å². The fraction of sp³-hybridized carbons (Fsp3) is 0.375. The molecule has 0 aromatic heterocycles. The van der Waals surface area contributed by atoms with Gasteiger partial charge in [0, 0.05) is 4.47 Å². The third-order valence-electron chi connectivity index (χ3n) is 10.5. The minimum Gasteiger partial charge on any atom is -0.302 e. The molecule has 4 aromatic rings. The van der Waals surface area contributed by atoms with E-state index in [-0.39, 0.29) is 33.5 Å². The number of amides is 2. The van der Waals surface area contributed by atoms with Crippen molar-refractivity contribution in [2.45, 2.75) is 118 Å². The molecule has 0 atom stereocenters. The molecule has 2 amide bonds. The van der Waals surface area contributed by atoms with Gasteiger partial charge in [0.2, 0.25) is 0 Å². The van der Waals surface area contributed by atoms with Crippen molar-refractivity contribution < 1.29 is 9.59 Å². The molecule has 0 aliphatic carbocycles. The van der Waals surface area contributed by atoms with Crippen molar-refractivity contribution in [2.75, 3.05) is 0 Å². The van der Waals surface area contributed by atoms with E-state index in [0.29, 0.717) is 35.6 Å². The monoisotopic (exact) mass is 770 g/mol. The van der Waals surface area contributed by atoms with Gasteiger partial charge in [-0.05, 0) is 78.3 Å². The minimum atomic E-state index is -0.148. The second-order valence-corrected chi connectivity index (χ2v) is 19.9. The van der Waals surface area contributed by atoms with Gasteiger partial charge in [-0.1, -0.05) is 178 Å². The first-order valence-corrected chi connectivity index (χ1v) is 19.6. The molecule has 0 radical (unpaired) electrons. The van der Waals surface area contributed by atoms with E-state index in [4.69, 9.17) is 0 Å². The first kappa shape index (κ1) is 38.5. The maximum Gasteiger partial charge on any atom is 0.261 e. The van der Waals surface area contributed by atoms with Crippen LogP contribution in [0.5, 0.6) is 0 Å². The van der Waals surface area contributed by atoms with Crippen molar-refractivity contribution in [2.24, 2.45) is 0 Å². The van der Waals surface area contributed by atoms with Crippen LogP contribution in [0.3, 0.4) is 0 Å². The Hall–Kier alpha value is -4.22. The van der Waals surface area contributed by atoms with Crippen molar-refractivity contribution in [3.8, 4) is 0 Å². The van der Waals surface area contributed by atoms with Crippen molar-refractivity contribution >= 4 is 39.1 Å². The zero-order valence-corrected chi connectivity index (χ0v) is 35.2. The minimum absolute atomic E-state index is 0.0762. The van der Waals surface area contributed by atoms with E-state index in [1.807, 2.05) is 64.4 Å². The summed E-state index contributed by atoms with van der Waals surface area (Å²) in [5.41, 5.74) is 10.7. The molecule has 2 heterocycles. The van der Waals surface area contributed by atoms with Crippen LogP contribution in [0.15, 0.2) is 107 Å². The van der Waals surface area contributed by atoms with Gasteiger partial charge < -0.3 is 9.80 Å². The summed E-state index contributed by atoms with van der Waals surface area (Å²) in [6, 6.07) is 31.4. The van der Waals surface area contributed by atoms with Gasteiger partial charge >= 0.3 is 0 Å². The number of fused-ring (bicyclic) bond motifs is 1. The molecule has 2 aliphatic rings. The Morgan fingerprint density at radius 2 is 0.774 bits per heavy atom. The van der Waals surface area contributed by atoms with Crippen molar-refractivity contribution in [1.29, 1.82) is 0 Å². The Morgan fingerprint density at radius 3 is 1.09 bits per heavy atom. The van der Waals surface area contributed by atoms with Crippen LogP contribution in [0.2, 0.25) is 0 Å². The van der Waals surface area contributed by atoms with Crippen LogP contribution in [-0.2, 0) is 44.3 Å². The fourth-order valence-corrected chi connectivity index (χ4v) is 7.43. The SMILES string of the molecule is CC(C)(C)c1cc(CN2C(=O)C3=C(c4ccc(Br)cc4)N(Cc4cc(C(C)(C)C)cc(C(C)(C)C)c4)C(=O)C3=C2c2ccccc2)cc(C(C)(C)C)c1. The number of carbonyl (C=O) groups excluding carboxylic acids is 2. The maximum atomic E-state index is 15.1. The summed E-state index contributed by atoms with van der Waals surface area (Å²) < 4.78 is 0.934. The Labute approximate surface area is 326 Å². The average Bonchev–Trinajstić information content (AvgIpc) is 3.50. The summed E-state index contributed by atoms with van der Waals surface area (Å²) in [6.45, 7) is 27.4. The highest BCUT2D eigenvalue weighted by atomic mass is 79.9. The molecule has 0 N–H and O–H groups in total. The second kappa shape index (κ2) is 13.6. The summed E-state index contributed by atoms with van der Waals surface area (Å²) in [5.74, 6) is -0.296. The van der Waals surface area contributed by atoms with Crippen LogP contribution in [0.25, 0.3) is 11.4 Å². The summed E-state index contributed by atoms with van der Waals surface area (Å²) in [5, 5.41) is 0. The number of hydrogen-bond donors (Lipinski definition) is 0. The topological polar surface area (TPSA) is 40.6 Å². The van der Waals surface area contributed by atoms with Gasteiger partial charge in [-0.25, -0.2) is 0 Å². The molecule has 0 bridgehead atoms. The van der Waals surface area contributed by atoms with Crippen LogP contribution in [0, 0.1) is 0 Å². The number of benzene rings is 4. The zero-order chi connectivity index (χ0) is 38.8. The first-order valence-electron chi connectivity index (χ1n) is 18.8. The van der Waals surface area contributed by atoms with Gasteiger partial charge in [0.15, 0.2) is 0 Å². The van der Waals surface area contributed by atoms with Crippen LogP contribution in [0.4, 0.5) is 0 Å². The zero-order valence-electron chi connectivity index (χ0n) is 33.7. The van der Waals surface area contributed by atoms with E-state index in [9.17, 15) is 0 Å². The quantitative estimate of drug-likeness (QED) is 0.196.